The molecule has 17 heavy (non-hydrogen) atoms. The Bertz CT molecular complexity index is 458. The lowest BCUT2D eigenvalue weighted by atomic mass is 10.1. The lowest BCUT2D eigenvalue weighted by Crippen LogP contribution is -2.33. The summed E-state index contributed by atoms with van der Waals surface area (Å²) in [6.45, 7) is 0. The van der Waals surface area contributed by atoms with Gasteiger partial charge in [-0.15, -0.1) is 5.10 Å². The van der Waals surface area contributed by atoms with Crippen molar-refractivity contribution in [3.8, 4) is 0 Å². The van der Waals surface area contributed by atoms with Crippen molar-refractivity contribution >= 4 is 17.4 Å². The lowest BCUT2D eigenvalue weighted by Gasteiger charge is -2.13. The van der Waals surface area contributed by atoms with Gasteiger partial charge in [0.15, 0.2) is 0 Å². The van der Waals surface area contributed by atoms with Crippen LogP contribution in [-0.4, -0.2) is 21.5 Å². The molecule has 2 unspecified atom stereocenters. The summed E-state index contributed by atoms with van der Waals surface area (Å²) < 4.78 is 3.93. The van der Waals surface area contributed by atoms with Crippen LogP contribution in [0.3, 0.4) is 0 Å². The molecule has 0 aliphatic heterocycles. The molecule has 4 nitrogen and oxygen atoms in total. The van der Waals surface area contributed by atoms with Gasteiger partial charge in [0, 0.05) is 12.0 Å². The average molecular weight is 249 g/mol. The third kappa shape index (κ3) is 1.76. The second-order valence-electron chi connectivity index (χ2n) is 5.66. The summed E-state index contributed by atoms with van der Waals surface area (Å²) in [4.78, 5) is 12.9. The van der Waals surface area contributed by atoms with Crippen LogP contribution in [0.2, 0.25) is 0 Å². The number of nitrogens with zero attached hydrogens (tertiary/aromatic N) is 2. The van der Waals surface area contributed by atoms with Crippen LogP contribution in [0.4, 0.5) is 0 Å². The van der Waals surface area contributed by atoms with Crippen molar-refractivity contribution in [2.75, 3.05) is 0 Å². The van der Waals surface area contributed by atoms with Gasteiger partial charge in [-0.05, 0) is 55.5 Å². The monoisotopic (exact) mass is 249 g/mol. The van der Waals surface area contributed by atoms with Gasteiger partial charge in [0.2, 0.25) is 0 Å². The fourth-order valence-corrected chi connectivity index (χ4v) is 3.72. The first-order valence-electron chi connectivity index (χ1n) is 6.44. The van der Waals surface area contributed by atoms with Crippen LogP contribution in [0, 0.1) is 11.8 Å². The summed E-state index contributed by atoms with van der Waals surface area (Å²) in [6, 6.07) is 0.403. The van der Waals surface area contributed by atoms with E-state index in [1.54, 1.807) is 0 Å². The Kier molecular flexibility index (Phi) is 2.06. The van der Waals surface area contributed by atoms with Crippen LogP contribution in [0.1, 0.15) is 53.4 Å². The first-order chi connectivity index (χ1) is 8.31. The highest BCUT2D eigenvalue weighted by molar-refractivity contribution is 7.08. The highest BCUT2D eigenvalue weighted by Gasteiger charge is 2.46. The number of aromatic nitrogens is 2. The molecule has 0 radical (unpaired) electrons. The summed E-state index contributed by atoms with van der Waals surface area (Å²) in [5.74, 6) is 2.38. The number of hydrogen-bond acceptors (Lipinski definition) is 4. The Morgan fingerprint density at radius 3 is 2.71 bits per heavy atom. The van der Waals surface area contributed by atoms with E-state index in [-0.39, 0.29) is 5.91 Å². The normalized spacial score (nSPS) is 34.5. The van der Waals surface area contributed by atoms with Gasteiger partial charge in [-0.3, -0.25) is 4.79 Å². The second kappa shape index (κ2) is 3.51. The molecular weight excluding hydrogens is 234 g/mol. The lowest BCUT2D eigenvalue weighted by molar-refractivity contribution is 0.0938. The molecule has 3 saturated carbocycles. The number of fused-ring (bicyclic) bond motifs is 1. The molecule has 1 aromatic heterocycles. The number of nitrogens with one attached hydrogen (secondary N) is 1. The molecule has 3 aliphatic carbocycles. The van der Waals surface area contributed by atoms with Gasteiger partial charge >= 0.3 is 0 Å². The molecule has 5 heteroatoms. The zero-order valence-electron chi connectivity index (χ0n) is 9.56. The van der Waals surface area contributed by atoms with Crippen LogP contribution in [0.15, 0.2) is 0 Å². The summed E-state index contributed by atoms with van der Waals surface area (Å²) in [5.41, 5.74) is 0.940. The topological polar surface area (TPSA) is 54.9 Å². The number of carbonyl (C=O) groups excluding carboxylic acids is 1. The molecule has 1 N–H and O–H groups in total. The van der Waals surface area contributed by atoms with E-state index in [1.165, 1.54) is 43.6 Å². The van der Waals surface area contributed by atoms with Crippen LogP contribution < -0.4 is 5.32 Å². The number of carbonyl (C=O) groups is 1. The first-order valence-corrected chi connectivity index (χ1v) is 7.21. The zero-order chi connectivity index (χ0) is 11.4. The van der Waals surface area contributed by atoms with E-state index >= 15 is 0 Å². The Hall–Kier alpha value is -0.970. The predicted molar refractivity (Wildman–Crippen MR) is 64.0 cm³/mol. The van der Waals surface area contributed by atoms with Gasteiger partial charge in [-0.1, -0.05) is 4.49 Å². The van der Waals surface area contributed by atoms with Crippen LogP contribution in [0.25, 0.3) is 0 Å². The van der Waals surface area contributed by atoms with Gasteiger partial charge in [-0.2, -0.15) is 0 Å². The van der Waals surface area contributed by atoms with Crippen LogP contribution in [0.5, 0.6) is 0 Å². The SMILES string of the molecule is O=C(NC1CC2CC2C1)c1snnc1C1CC1. The molecule has 3 fully saturated rings. The fourth-order valence-electron chi connectivity index (χ4n) is 3.06. The van der Waals surface area contributed by atoms with E-state index in [0.29, 0.717) is 12.0 Å². The third-order valence-electron chi connectivity index (χ3n) is 4.26. The highest BCUT2D eigenvalue weighted by atomic mass is 32.1. The Labute approximate surface area is 104 Å². The van der Waals surface area contributed by atoms with Gasteiger partial charge in [-0.25, -0.2) is 0 Å². The maximum atomic E-state index is 12.2. The molecule has 0 bridgehead atoms. The number of rotatable bonds is 3. The van der Waals surface area contributed by atoms with Crippen molar-refractivity contribution in [1.29, 1.82) is 0 Å². The predicted octanol–water partition coefficient (Wildman–Crippen LogP) is 1.94. The first kappa shape index (κ1) is 10.00. The minimum Gasteiger partial charge on any atom is -0.348 e. The summed E-state index contributed by atoms with van der Waals surface area (Å²) >= 11 is 1.25. The summed E-state index contributed by atoms with van der Waals surface area (Å²) in [7, 11) is 0. The third-order valence-corrected chi connectivity index (χ3v) is 5.00. The van der Waals surface area contributed by atoms with E-state index in [1.807, 2.05) is 0 Å². The Morgan fingerprint density at radius 2 is 2.00 bits per heavy atom. The van der Waals surface area contributed by atoms with E-state index < -0.39 is 0 Å². The summed E-state index contributed by atoms with van der Waals surface area (Å²) in [6.07, 6.45) is 6.09. The fraction of sp³-hybridized carbons (Fsp3) is 0.750. The minimum atomic E-state index is 0.0631. The van der Waals surface area contributed by atoms with Crippen molar-refractivity contribution in [1.82, 2.24) is 14.9 Å². The van der Waals surface area contributed by atoms with E-state index in [4.69, 9.17) is 0 Å². The van der Waals surface area contributed by atoms with Gasteiger partial charge in [0.1, 0.15) is 4.88 Å². The van der Waals surface area contributed by atoms with Crippen LogP contribution >= 0.6 is 11.5 Å². The largest absolute Gasteiger partial charge is 0.348 e. The molecule has 4 rings (SSSR count). The van der Waals surface area contributed by atoms with Gasteiger partial charge in [0.05, 0.1) is 5.69 Å². The van der Waals surface area contributed by atoms with Crippen molar-refractivity contribution in [3.05, 3.63) is 10.6 Å². The van der Waals surface area contributed by atoms with Gasteiger partial charge < -0.3 is 5.32 Å². The minimum absolute atomic E-state index is 0.0631. The van der Waals surface area contributed by atoms with E-state index in [9.17, 15) is 4.79 Å². The molecular formula is C12H15N3OS. The summed E-state index contributed by atoms with van der Waals surface area (Å²) in [5, 5.41) is 7.26. The van der Waals surface area contributed by atoms with Crippen molar-refractivity contribution in [3.63, 3.8) is 0 Å². The van der Waals surface area contributed by atoms with Crippen molar-refractivity contribution < 1.29 is 4.79 Å². The molecule has 0 aromatic carbocycles. The smallest absolute Gasteiger partial charge is 0.265 e. The average Bonchev–Trinajstić information content (AvgIpc) is 3.20. The highest BCUT2D eigenvalue weighted by Crippen LogP contribution is 2.51. The quantitative estimate of drug-likeness (QED) is 0.890. The molecule has 1 aromatic rings. The van der Waals surface area contributed by atoms with E-state index in [0.717, 1.165) is 22.4 Å². The molecule has 3 aliphatic rings. The standard InChI is InChI=1S/C12H15N3OS/c16-12(13-9-4-7-3-8(7)5-9)11-10(6-1-2-6)14-15-17-11/h6-9H,1-5H2,(H,13,16). The second-order valence-corrected chi connectivity index (χ2v) is 6.41. The maximum absolute atomic E-state index is 12.2. The molecule has 2 atom stereocenters. The van der Waals surface area contributed by atoms with Crippen molar-refractivity contribution in [2.45, 2.75) is 44.1 Å². The van der Waals surface area contributed by atoms with Gasteiger partial charge in [0.25, 0.3) is 5.91 Å². The number of amides is 1. The maximum Gasteiger partial charge on any atom is 0.265 e. The molecule has 90 valence electrons. The van der Waals surface area contributed by atoms with Crippen molar-refractivity contribution in [2.24, 2.45) is 11.8 Å². The molecule has 0 saturated heterocycles. The van der Waals surface area contributed by atoms with E-state index in [2.05, 4.69) is 14.9 Å². The molecule has 1 amide bonds. The van der Waals surface area contributed by atoms with Crippen LogP contribution in [-0.2, 0) is 0 Å². The zero-order valence-corrected chi connectivity index (χ0v) is 10.4. The molecule has 1 heterocycles. The Balaban J connectivity index is 1.46. The molecule has 0 spiro atoms. The number of hydrogen-bond donors (Lipinski definition) is 1. The Morgan fingerprint density at radius 1 is 1.24 bits per heavy atom.